The van der Waals surface area contributed by atoms with Gasteiger partial charge in [-0.3, -0.25) is 4.68 Å². The Bertz CT molecular complexity index is 538. The number of nitrogens with one attached hydrogen (secondary N) is 1. The summed E-state index contributed by atoms with van der Waals surface area (Å²) < 4.78 is 2.55. The minimum Gasteiger partial charge on any atom is -0.396 e. The molecule has 0 amide bonds. The number of hydrogen-bond donors (Lipinski definition) is 2. The summed E-state index contributed by atoms with van der Waals surface area (Å²) in [6.07, 6.45) is 1.90. The third-order valence-corrected chi connectivity index (χ3v) is 3.66. The van der Waals surface area contributed by atoms with Gasteiger partial charge in [0.2, 0.25) is 0 Å². The second kappa shape index (κ2) is 4.98. The highest BCUT2D eigenvalue weighted by Crippen LogP contribution is 2.34. The molecule has 0 fully saturated rings. The Morgan fingerprint density at radius 3 is 2.88 bits per heavy atom. The van der Waals surface area contributed by atoms with Gasteiger partial charge in [0.1, 0.15) is 0 Å². The second-order valence-electron chi connectivity index (χ2n) is 3.66. The van der Waals surface area contributed by atoms with Crippen LogP contribution in [0.4, 0.5) is 11.4 Å². The lowest BCUT2D eigenvalue weighted by molar-refractivity contribution is 0.747. The van der Waals surface area contributed by atoms with Gasteiger partial charge in [0.15, 0.2) is 0 Å². The van der Waals surface area contributed by atoms with Crippen molar-refractivity contribution in [2.45, 2.75) is 6.54 Å². The molecule has 2 rings (SSSR count). The number of anilines is 2. The summed E-state index contributed by atoms with van der Waals surface area (Å²) in [5.41, 5.74) is 8.20. The molecule has 0 radical (unpaired) electrons. The number of aromatic nitrogens is 2. The highest BCUT2D eigenvalue weighted by molar-refractivity contribution is 9.10. The largest absolute Gasteiger partial charge is 0.396 e. The number of halogens is 2. The quantitative estimate of drug-likeness (QED) is 0.856. The van der Waals surface area contributed by atoms with Crippen molar-refractivity contribution in [2.75, 3.05) is 11.1 Å². The molecule has 90 valence electrons. The standard InChI is InChI=1S/C11H12BrClN4/c1-17-5-4-7(16-17)6-15-9-3-2-8(12)10(13)11(9)14/h2-5,15H,6,14H2,1H3. The van der Waals surface area contributed by atoms with Crippen LogP contribution < -0.4 is 11.1 Å². The molecular formula is C11H12BrClN4. The van der Waals surface area contributed by atoms with Crippen LogP contribution in [0.3, 0.4) is 0 Å². The Labute approximate surface area is 113 Å². The van der Waals surface area contributed by atoms with E-state index in [4.69, 9.17) is 17.3 Å². The summed E-state index contributed by atoms with van der Waals surface area (Å²) in [4.78, 5) is 0. The second-order valence-corrected chi connectivity index (χ2v) is 4.89. The van der Waals surface area contributed by atoms with Gasteiger partial charge in [-0.15, -0.1) is 0 Å². The number of rotatable bonds is 3. The van der Waals surface area contributed by atoms with Gasteiger partial charge in [-0.1, -0.05) is 11.6 Å². The third-order valence-electron chi connectivity index (χ3n) is 2.36. The van der Waals surface area contributed by atoms with Crippen LogP contribution in [0.5, 0.6) is 0 Å². The summed E-state index contributed by atoms with van der Waals surface area (Å²) in [5, 5.41) is 8.00. The molecule has 0 aliphatic carbocycles. The van der Waals surface area contributed by atoms with Gasteiger partial charge >= 0.3 is 0 Å². The van der Waals surface area contributed by atoms with Gasteiger partial charge < -0.3 is 11.1 Å². The Hall–Kier alpha value is -1.20. The average Bonchev–Trinajstić information content (AvgIpc) is 2.71. The lowest BCUT2D eigenvalue weighted by Gasteiger charge is -2.10. The molecule has 0 unspecified atom stereocenters. The first-order valence-electron chi connectivity index (χ1n) is 5.04. The van der Waals surface area contributed by atoms with Gasteiger partial charge in [0.25, 0.3) is 0 Å². The number of aryl methyl sites for hydroxylation is 1. The topological polar surface area (TPSA) is 55.9 Å². The van der Waals surface area contributed by atoms with E-state index in [1.54, 1.807) is 4.68 Å². The molecule has 1 aromatic carbocycles. The van der Waals surface area contributed by atoms with Gasteiger partial charge in [-0.05, 0) is 34.1 Å². The van der Waals surface area contributed by atoms with Crippen molar-refractivity contribution in [2.24, 2.45) is 7.05 Å². The number of nitrogen functional groups attached to an aromatic ring is 1. The van der Waals surface area contributed by atoms with Crippen LogP contribution in [0.25, 0.3) is 0 Å². The van der Waals surface area contributed by atoms with Crippen LogP contribution in [0.1, 0.15) is 5.69 Å². The van der Waals surface area contributed by atoms with Gasteiger partial charge in [-0.2, -0.15) is 5.10 Å². The average molecular weight is 316 g/mol. The zero-order valence-corrected chi connectivity index (χ0v) is 11.6. The molecule has 2 aromatic rings. The monoisotopic (exact) mass is 314 g/mol. The Morgan fingerprint density at radius 1 is 1.47 bits per heavy atom. The number of nitrogens with two attached hydrogens (primary N) is 1. The maximum Gasteiger partial charge on any atom is 0.0815 e. The smallest absolute Gasteiger partial charge is 0.0815 e. The molecule has 6 heteroatoms. The summed E-state index contributed by atoms with van der Waals surface area (Å²) in [6, 6.07) is 5.69. The molecule has 3 N–H and O–H groups in total. The number of benzene rings is 1. The molecule has 0 aliphatic heterocycles. The molecule has 0 saturated heterocycles. The first-order chi connectivity index (χ1) is 8.08. The fourth-order valence-electron chi connectivity index (χ4n) is 1.46. The molecule has 0 saturated carbocycles. The Morgan fingerprint density at radius 2 is 2.24 bits per heavy atom. The first-order valence-corrected chi connectivity index (χ1v) is 6.21. The predicted octanol–water partition coefficient (Wildman–Crippen LogP) is 3.03. The van der Waals surface area contributed by atoms with Crippen LogP contribution >= 0.6 is 27.5 Å². The zero-order chi connectivity index (χ0) is 12.4. The van der Waals surface area contributed by atoms with Crippen molar-refractivity contribution >= 4 is 38.9 Å². The van der Waals surface area contributed by atoms with E-state index < -0.39 is 0 Å². The van der Waals surface area contributed by atoms with Crippen LogP contribution in [-0.4, -0.2) is 9.78 Å². The Kier molecular flexibility index (Phi) is 3.59. The van der Waals surface area contributed by atoms with Crippen molar-refractivity contribution in [3.8, 4) is 0 Å². The van der Waals surface area contributed by atoms with Crippen molar-refractivity contribution in [3.05, 3.63) is 39.6 Å². The van der Waals surface area contributed by atoms with Gasteiger partial charge in [-0.25, -0.2) is 0 Å². The molecule has 1 aromatic heterocycles. The first kappa shape index (κ1) is 12.3. The van der Waals surface area contributed by atoms with E-state index in [0.717, 1.165) is 15.9 Å². The summed E-state index contributed by atoms with van der Waals surface area (Å²) in [5.74, 6) is 0. The summed E-state index contributed by atoms with van der Waals surface area (Å²) in [7, 11) is 1.88. The highest BCUT2D eigenvalue weighted by Gasteiger charge is 2.07. The molecule has 0 atom stereocenters. The fraction of sp³-hybridized carbons (Fsp3) is 0.182. The van der Waals surface area contributed by atoms with E-state index >= 15 is 0 Å². The lowest BCUT2D eigenvalue weighted by atomic mass is 10.2. The highest BCUT2D eigenvalue weighted by atomic mass is 79.9. The maximum absolute atomic E-state index is 6.04. The van der Waals surface area contributed by atoms with Crippen LogP contribution in [-0.2, 0) is 13.6 Å². The van der Waals surface area contributed by atoms with E-state index in [0.29, 0.717) is 17.3 Å². The van der Waals surface area contributed by atoms with Crippen molar-refractivity contribution in [1.29, 1.82) is 0 Å². The van der Waals surface area contributed by atoms with E-state index in [1.807, 2.05) is 31.4 Å². The van der Waals surface area contributed by atoms with Crippen LogP contribution in [0.2, 0.25) is 5.02 Å². The molecule has 0 bridgehead atoms. The molecule has 17 heavy (non-hydrogen) atoms. The van der Waals surface area contributed by atoms with E-state index in [-0.39, 0.29) is 0 Å². The molecule has 4 nitrogen and oxygen atoms in total. The van der Waals surface area contributed by atoms with Crippen molar-refractivity contribution in [3.63, 3.8) is 0 Å². The Balaban J connectivity index is 2.12. The minimum absolute atomic E-state index is 0.524. The fourth-order valence-corrected chi connectivity index (χ4v) is 1.97. The number of hydrogen-bond acceptors (Lipinski definition) is 3. The van der Waals surface area contributed by atoms with Gasteiger partial charge in [0, 0.05) is 17.7 Å². The lowest BCUT2D eigenvalue weighted by Crippen LogP contribution is -2.04. The SMILES string of the molecule is Cn1ccc(CNc2ccc(Br)c(Cl)c2N)n1. The van der Waals surface area contributed by atoms with Gasteiger partial charge in [0.05, 0.1) is 28.6 Å². The summed E-state index contributed by atoms with van der Waals surface area (Å²) in [6.45, 7) is 0.614. The van der Waals surface area contributed by atoms with Crippen LogP contribution in [0.15, 0.2) is 28.9 Å². The van der Waals surface area contributed by atoms with E-state index in [2.05, 4.69) is 26.3 Å². The minimum atomic E-state index is 0.524. The van der Waals surface area contributed by atoms with Crippen LogP contribution in [0, 0.1) is 0 Å². The number of nitrogens with zero attached hydrogens (tertiary/aromatic N) is 2. The predicted molar refractivity (Wildman–Crippen MR) is 74.1 cm³/mol. The third kappa shape index (κ3) is 2.73. The molecule has 1 heterocycles. The molecule has 0 spiro atoms. The zero-order valence-electron chi connectivity index (χ0n) is 9.24. The van der Waals surface area contributed by atoms with Crippen molar-refractivity contribution in [1.82, 2.24) is 9.78 Å². The molecule has 0 aliphatic rings. The molecular weight excluding hydrogens is 304 g/mol. The van der Waals surface area contributed by atoms with Crippen molar-refractivity contribution < 1.29 is 0 Å². The normalized spacial score (nSPS) is 10.5. The summed E-state index contributed by atoms with van der Waals surface area (Å²) >= 11 is 9.36. The van der Waals surface area contributed by atoms with E-state index in [9.17, 15) is 0 Å². The maximum atomic E-state index is 6.04. The van der Waals surface area contributed by atoms with E-state index in [1.165, 1.54) is 0 Å².